The van der Waals surface area contributed by atoms with Crippen LogP contribution in [0.25, 0.3) is 0 Å². The molecule has 4 nitrogen and oxygen atoms in total. The lowest BCUT2D eigenvalue weighted by Crippen LogP contribution is -2.39. The fourth-order valence-electron chi connectivity index (χ4n) is 2.34. The molecule has 4 heteroatoms. The maximum Gasteiger partial charge on any atom is 0.205 e. The summed E-state index contributed by atoms with van der Waals surface area (Å²) < 4.78 is 2.11. The van der Waals surface area contributed by atoms with Crippen LogP contribution in [-0.2, 0) is 7.05 Å². The second kappa shape index (κ2) is 4.23. The molecule has 84 valence electrons. The largest absolute Gasteiger partial charge is 0.342 e. The van der Waals surface area contributed by atoms with Crippen LogP contribution in [0.5, 0.6) is 0 Å². The highest BCUT2D eigenvalue weighted by molar-refractivity contribution is 5.33. The van der Waals surface area contributed by atoms with E-state index in [0.29, 0.717) is 5.92 Å². The van der Waals surface area contributed by atoms with Gasteiger partial charge in [0.05, 0.1) is 5.69 Å². The first-order valence-corrected chi connectivity index (χ1v) is 5.65. The molecule has 1 atom stereocenters. The summed E-state index contributed by atoms with van der Waals surface area (Å²) in [7, 11) is 2.06. The van der Waals surface area contributed by atoms with Gasteiger partial charge in [-0.25, -0.2) is 4.98 Å². The molecule has 1 aromatic heterocycles. The van der Waals surface area contributed by atoms with Crippen LogP contribution in [0.4, 0.5) is 5.95 Å². The standard InChI is InChI=1S/C11H20N4/c1-9-7-14(2)11(13-9)15-5-3-4-10(6-12)8-15/h7,10H,3-6,8,12H2,1-2H3. The Bertz CT molecular complexity index is 331. The number of imidazole rings is 1. The van der Waals surface area contributed by atoms with Crippen LogP contribution in [0.15, 0.2) is 6.20 Å². The summed E-state index contributed by atoms with van der Waals surface area (Å²) >= 11 is 0. The zero-order valence-electron chi connectivity index (χ0n) is 9.61. The summed E-state index contributed by atoms with van der Waals surface area (Å²) in [6.07, 6.45) is 4.56. The van der Waals surface area contributed by atoms with Gasteiger partial charge in [-0.3, -0.25) is 0 Å². The molecule has 1 aliphatic heterocycles. The average molecular weight is 208 g/mol. The van der Waals surface area contributed by atoms with Crippen molar-refractivity contribution in [2.24, 2.45) is 18.7 Å². The van der Waals surface area contributed by atoms with Crippen LogP contribution in [0.3, 0.4) is 0 Å². The van der Waals surface area contributed by atoms with Gasteiger partial charge < -0.3 is 15.2 Å². The molecular formula is C11H20N4. The van der Waals surface area contributed by atoms with Gasteiger partial charge >= 0.3 is 0 Å². The Kier molecular flexibility index (Phi) is 2.95. The van der Waals surface area contributed by atoms with Gasteiger partial charge in [0.2, 0.25) is 5.95 Å². The van der Waals surface area contributed by atoms with Crippen molar-refractivity contribution in [3.05, 3.63) is 11.9 Å². The van der Waals surface area contributed by atoms with Crippen LogP contribution >= 0.6 is 0 Å². The zero-order valence-corrected chi connectivity index (χ0v) is 9.61. The van der Waals surface area contributed by atoms with Crippen LogP contribution in [-0.4, -0.2) is 29.2 Å². The van der Waals surface area contributed by atoms with E-state index in [4.69, 9.17) is 5.73 Å². The van der Waals surface area contributed by atoms with Crippen LogP contribution in [0, 0.1) is 12.8 Å². The number of piperidine rings is 1. The van der Waals surface area contributed by atoms with E-state index in [1.807, 2.05) is 6.92 Å². The van der Waals surface area contributed by atoms with Crippen LogP contribution in [0.1, 0.15) is 18.5 Å². The minimum absolute atomic E-state index is 0.635. The summed E-state index contributed by atoms with van der Waals surface area (Å²) in [5.41, 5.74) is 6.82. The lowest BCUT2D eigenvalue weighted by atomic mass is 9.99. The maximum atomic E-state index is 5.73. The molecule has 15 heavy (non-hydrogen) atoms. The Morgan fingerprint density at radius 3 is 3.00 bits per heavy atom. The quantitative estimate of drug-likeness (QED) is 0.785. The number of aromatic nitrogens is 2. The lowest BCUT2D eigenvalue weighted by Gasteiger charge is -2.32. The summed E-state index contributed by atoms with van der Waals surface area (Å²) in [6.45, 7) is 5.00. The van der Waals surface area contributed by atoms with Crippen LogP contribution in [0.2, 0.25) is 0 Å². The van der Waals surface area contributed by atoms with Crippen molar-refractivity contribution >= 4 is 5.95 Å². The van der Waals surface area contributed by atoms with Crippen molar-refractivity contribution < 1.29 is 0 Å². The maximum absolute atomic E-state index is 5.73. The SMILES string of the molecule is Cc1cn(C)c(N2CCCC(CN)C2)n1. The molecule has 1 aliphatic rings. The molecular weight excluding hydrogens is 188 g/mol. The van der Waals surface area contributed by atoms with E-state index >= 15 is 0 Å². The van der Waals surface area contributed by atoms with E-state index in [1.165, 1.54) is 12.8 Å². The Labute approximate surface area is 91.1 Å². The van der Waals surface area contributed by atoms with Gasteiger partial charge in [-0.05, 0) is 32.2 Å². The van der Waals surface area contributed by atoms with Crippen molar-refractivity contribution in [3.63, 3.8) is 0 Å². The highest BCUT2D eigenvalue weighted by Crippen LogP contribution is 2.21. The van der Waals surface area contributed by atoms with Crippen molar-refractivity contribution in [3.8, 4) is 0 Å². The Morgan fingerprint density at radius 1 is 1.60 bits per heavy atom. The van der Waals surface area contributed by atoms with Gasteiger partial charge in [-0.15, -0.1) is 0 Å². The number of rotatable bonds is 2. The first-order valence-electron chi connectivity index (χ1n) is 5.65. The second-order valence-electron chi connectivity index (χ2n) is 4.48. The summed E-state index contributed by atoms with van der Waals surface area (Å²) in [5, 5.41) is 0. The van der Waals surface area contributed by atoms with E-state index in [0.717, 1.165) is 31.3 Å². The fraction of sp³-hybridized carbons (Fsp3) is 0.727. The van der Waals surface area contributed by atoms with E-state index < -0.39 is 0 Å². The summed E-state index contributed by atoms with van der Waals surface area (Å²) in [5.74, 6) is 1.72. The van der Waals surface area contributed by atoms with Crippen molar-refractivity contribution in [1.29, 1.82) is 0 Å². The normalized spacial score (nSPS) is 22.1. The predicted octanol–water partition coefficient (Wildman–Crippen LogP) is 0.904. The molecule has 0 amide bonds. The average Bonchev–Trinajstić information content (AvgIpc) is 2.58. The predicted molar refractivity (Wildman–Crippen MR) is 61.9 cm³/mol. The third-order valence-electron chi connectivity index (χ3n) is 3.11. The number of anilines is 1. The molecule has 0 radical (unpaired) electrons. The smallest absolute Gasteiger partial charge is 0.205 e. The number of nitrogens with two attached hydrogens (primary N) is 1. The van der Waals surface area contributed by atoms with Crippen molar-refractivity contribution in [1.82, 2.24) is 9.55 Å². The van der Waals surface area contributed by atoms with Gasteiger partial charge in [0.15, 0.2) is 0 Å². The molecule has 0 aromatic carbocycles. The number of nitrogens with zero attached hydrogens (tertiary/aromatic N) is 3. The zero-order chi connectivity index (χ0) is 10.8. The third-order valence-corrected chi connectivity index (χ3v) is 3.11. The van der Waals surface area contributed by atoms with Crippen LogP contribution < -0.4 is 10.6 Å². The van der Waals surface area contributed by atoms with Gasteiger partial charge in [0.1, 0.15) is 0 Å². The van der Waals surface area contributed by atoms with E-state index in [2.05, 4.69) is 27.7 Å². The van der Waals surface area contributed by atoms with E-state index in [1.54, 1.807) is 0 Å². The number of aryl methyl sites for hydroxylation is 2. The topological polar surface area (TPSA) is 47.1 Å². The lowest BCUT2D eigenvalue weighted by molar-refractivity contribution is 0.417. The summed E-state index contributed by atoms with van der Waals surface area (Å²) in [6, 6.07) is 0. The van der Waals surface area contributed by atoms with Gasteiger partial charge in [0, 0.05) is 26.3 Å². The highest BCUT2D eigenvalue weighted by Gasteiger charge is 2.21. The molecule has 0 aliphatic carbocycles. The molecule has 1 saturated heterocycles. The van der Waals surface area contributed by atoms with Gasteiger partial charge in [-0.2, -0.15) is 0 Å². The Balaban J connectivity index is 2.13. The van der Waals surface area contributed by atoms with E-state index in [-0.39, 0.29) is 0 Å². The first-order chi connectivity index (χ1) is 7.20. The molecule has 1 fully saturated rings. The minimum Gasteiger partial charge on any atom is -0.342 e. The van der Waals surface area contributed by atoms with Gasteiger partial charge in [-0.1, -0.05) is 0 Å². The second-order valence-corrected chi connectivity index (χ2v) is 4.48. The molecule has 0 spiro atoms. The molecule has 1 aromatic rings. The van der Waals surface area contributed by atoms with Crippen molar-refractivity contribution in [2.45, 2.75) is 19.8 Å². The molecule has 2 heterocycles. The monoisotopic (exact) mass is 208 g/mol. The molecule has 0 bridgehead atoms. The summed E-state index contributed by atoms with van der Waals surface area (Å²) in [4.78, 5) is 6.91. The third kappa shape index (κ3) is 2.15. The first kappa shape index (κ1) is 10.5. The fourth-order valence-corrected chi connectivity index (χ4v) is 2.34. The number of hydrogen-bond acceptors (Lipinski definition) is 3. The molecule has 2 rings (SSSR count). The molecule has 1 unspecified atom stereocenters. The van der Waals surface area contributed by atoms with Gasteiger partial charge in [0.25, 0.3) is 0 Å². The molecule has 2 N–H and O–H groups in total. The van der Waals surface area contributed by atoms with Crippen molar-refractivity contribution in [2.75, 3.05) is 24.5 Å². The minimum atomic E-state index is 0.635. The number of hydrogen-bond donors (Lipinski definition) is 1. The van der Waals surface area contributed by atoms with E-state index in [9.17, 15) is 0 Å². The Morgan fingerprint density at radius 2 is 2.40 bits per heavy atom. The Hall–Kier alpha value is -1.03. The molecule has 0 saturated carbocycles. The highest BCUT2D eigenvalue weighted by atomic mass is 15.3.